The number of hydrogen-bond donors (Lipinski definition) is 11. The first kappa shape index (κ1) is 44.5. The molecule has 0 aromatic heterocycles. The maximum Gasteiger partial charge on any atom is 0.329 e. The largest absolute Gasteiger partial charge is 0.481 e. The molecule has 5 atom stereocenters. The smallest absolute Gasteiger partial charge is 0.329 e. The Balaban J connectivity index is 6.29. The number of carbonyl (C=O) groups is 9. The zero-order valence-corrected chi connectivity index (χ0v) is 28.0. The molecule has 0 aromatic rings. The molecule has 0 heterocycles. The monoisotopic (exact) mass is 718 g/mol. The number of nitrogens with zero attached hydrogens (tertiary/aromatic N) is 1. The minimum atomic E-state index is -2.01. The van der Waals surface area contributed by atoms with Crippen LogP contribution in [-0.4, -0.2) is 129 Å². The quantitative estimate of drug-likeness (QED) is 0.0197. The number of nitrogens with two attached hydrogens (primary N) is 2. The van der Waals surface area contributed by atoms with Gasteiger partial charge in [0.2, 0.25) is 23.6 Å². The van der Waals surface area contributed by atoms with Gasteiger partial charge in [-0.2, -0.15) is 0 Å². The van der Waals surface area contributed by atoms with E-state index in [1.165, 1.54) is 13.8 Å². The summed E-state index contributed by atoms with van der Waals surface area (Å²) in [6, 6.07) is -8.97. The van der Waals surface area contributed by atoms with Crippen LogP contribution in [0.25, 0.3) is 0 Å². The van der Waals surface area contributed by atoms with Gasteiger partial charge in [-0.1, -0.05) is 13.8 Å². The molecule has 0 aliphatic carbocycles. The van der Waals surface area contributed by atoms with Crippen molar-refractivity contribution in [1.82, 2.24) is 26.6 Å². The van der Waals surface area contributed by atoms with Gasteiger partial charge in [0.05, 0.1) is 37.8 Å². The fraction of sp³-hybridized carbons (Fsp3) is 0.643. The number of guanidine groups is 1. The molecule has 0 saturated heterocycles. The molecule has 0 radical (unpaired) electrons. The van der Waals surface area contributed by atoms with Crippen molar-refractivity contribution in [2.75, 3.05) is 6.54 Å². The number of rotatable bonds is 24. The molecular weight excluding hydrogens is 672 g/mol. The average Bonchev–Trinajstić information content (AvgIpc) is 2.95. The second-order valence-electron chi connectivity index (χ2n) is 11.4. The van der Waals surface area contributed by atoms with Crippen LogP contribution >= 0.6 is 0 Å². The van der Waals surface area contributed by atoms with Crippen molar-refractivity contribution >= 4 is 59.4 Å². The molecule has 282 valence electrons. The lowest BCUT2D eigenvalue weighted by Crippen LogP contribution is -2.59. The Morgan fingerprint density at radius 1 is 0.580 bits per heavy atom. The van der Waals surface area contributed by atoms with Gasteiger partial charge in [-0.05, 0) is 26.7 Å². The molecule has 50 heavy (non-hydrogen) atoms. The minimum absolute atomic E-state index is 0.0244. The molecule has 0 unspecified atom stereocenters. The fourth-order valence-corrected chi connectivity index (χ4v) is 4.12. The van der Waals surface area contributed by atoms with Crippen molar-refractivity contribution in [1.29, 1.82) is 0 Å². The molecule has 0 rings (SSSR count). The third-order valence-electron chi connectivity index (χ3n) is 6.16. The molecule has 0 aliphatic rings. The highest BCUT2D eigenvalue weighted by atomic mass is 16.5. The van der Waals surface area contributed by atoms with Crippen LogP contribution in [0.2, 0.25) is 0 Å². The van der Waals surface area contributed by atoms with Gasteiger partial charge in [0.25, 0.3) is 0 Å². The van der Waals surface area contributed by atoms with Gasteiger partial charge in [-0.15, -0.1) is 0 Å². The van der Waals surface area contributed by atoms with Gasteiger partial charge in [-0.3, -0.25) is 43.3 Å². The topological polar surface area (TPSA) is 368 Å². The van der Waals surface area contributed by atoms with Crippen molar-refractivity contribution in [2.45, 2.75) is 109 Å². The maximum atomic E-state index is 13.4. The van der Waals surface area contributed by atoms with Crippen molar-refractivity contribution in [3.05, 3.63) is 0 Å². The number of aliphatic imine (C=N–C) groups is 1. The van der Waals surface area contributed by atoms with Gasteiger partial charge < -0.3 is 63.2 Å². The van der Waals surface area contributed by atoms with Crippen LogP contribution in [0.3, 0.4) is 0 Å². The van der Waals surface area contributed by atoms with Crippen molar-refractivity contribution < 1.29 is 68.3 Å². The number of nitrogens with one attached hydrogen (secondary N) is 5. The molecule has 13 N–H and O–H groups in total. The summed E-state index contributed by atoms with van der Waals surface area (Å²) in [4.78, 5) is 115. The molecule has 4 amide bonds. The number of aliphatic carboxylic acids is 4. The highest BCUT2D eigenvalue weighted by Gasteiger charge is 2.35. The molecular formula is C28H46N8O14. The summed E-state index contributed by atoms with van der Waals surface area (Å²) >= 11 is 0. The number of carboxylic acids is 4. The van der Waals surface area contributed by atoms with Crippen molar-refractivity contribution in [2.24, 2.45) is 16.5 Å². The third-order valence-corrected chi connectivity index (χ3v) is 6.16. The summed E-state index contributed by atoms with van der Waals surface area (Å²) in [6.07, 6.45) is -4.73. The molecule has 0 bridgehead atoms. The molecule has 0 saturated carbocycles. The van der Waals surface area contributed by atoms with E-state index < -0.39 is 115 Å². The minimum Gasteiger partial charge on any atom is -0.481 e. The first-order valence-electron chi connectivity index (χ1n) is 15.2. The Bertz CT molecular complexity index is 1280. The Hall–Kier alpha value is -5.54. The van der Waals surface area contributed by atoms with Crippen LogP contribution in [-0.2, 0) is 47.9 Å². The Kier molecular flexibility index (Phi) is 19.7. The third kappa shape index (κ3) is 19.3. The zero-order chi connectivity index (χ0) is 38.7. The lowest BCUT2D eigenvalue weighted by Gasteiger charge is -2.26. The van der Waals surface area contributed by atoms with Crippen LogP contribution < -0.4 is 38.1 Å². The van der Waals surface area contributed by atoms with Crippen LogP contribution in [0, 0.1) is 0 Å². The van der Waals surface area contributed by atoms with Crippen LogP contribution in [0.5, 0.6) is 0 Å². The van der Waals surface area contributed by atoms with Crippen LogP contribution in [0.1, 0.15) is 66.2 Å². The van der Waals surface area contributed by atoms with Crippen LogP contribution in [0.4, 0.5) is 0 Å². The Labute approximate surface area is 286 Å². The summed E-state index contributed by atoms with van der Waals surface area (Å²) < 4.78 is 4.91. The number of carboxylic acid groups (broad SMARTS) is 4. The van der Waals surface area contributed by atoms with E-state index in [1.54, 1.807) is 13.8 Å². The normalized spacial score (nSPS) is 13.8. The van der Waals surface area contributed by atoms with Gasteiger partial charge in [0.1, 0.15) is 24.2 Å². The Morgan fingerprint density at radius 2 is 0.940 bits per heavy atom. The highest BCUT2D eigenvalue weighted by Crippen LogP contribution is 2.07. The standard InChI is InChI=1S/C28H46N8O14/c1-12(2)32-15(8-19(37)38)24(46)33-14(6-5-7-31-28(29)30)23(45)34-16(9-20(39)40)25(47)35-17(10-21(41)42)26(48)36-18(11-22(43)44)27(49)50-13(3)4/h12-18,32H,5-11H2,1-4H3,(H,33,46)(H,34,45)(H,35,47)(H,36,48)(H,37,38)(H,39,40)(H,41,42)(H,43,44)(H4,29,30,31)/t14-,15-,16-,17-,18-/m1/s1. The summed E-state index contributed by atoms with van der Waals surface area (Å²) in [5, 5.41) is 48.4. The van der Waals surface area contributed by atoms with E-state index in [2.05, 4.69) is 20.9 Å². The molecule has 0 fully saturated rings. The van der Waals surface area contributed by atoms with Crippen LogP contribution in [0.15, 0.2) is 4.99 Å². The first-order chi connectivity index (χ1) is 23.1. The number of carbonyl (C=O) groups excluding carboxylic acids is 5. The Morgan fingerprint density at radius 3 is 1.34 bits per heavy atom. The van der Waals surface area contributed by atoms with E-state index in [0.29, 0.717) is 0 Å². The number of hydrogen-bond acceptors (Lipinski definition) is 12. The highest BCUT2D eigenvalue weighted by molar-refractivity contribution is 5.98. The summed E-state index contributed by atoms with van der Waals surface area (Å²) in [7, 11) is 0. The molecule has 0 spiro atoms. The number of ether oxygens (including phenoxy) is 1. The van der Waals surface area contributed by atoms with Crippen molar-refractivity contribution in [3.63, 3.8) is 0 Å². The van der Waals surface area contributed by atoms with E-state index in [1.807, 2.05) is 10.6 Å². The summed E-state index contributed by atoms with van der Waals surface area (Å²) in [5.41, 5.74) is 10.6. The molecule has 0 aliphatic heterocycles. The average molecular weight is 719 g/mol. The molecule has 0 aromatic carbocycles. The van der Waals surface area contributed by atoms with E-state index in [0.717, 1.165) is 0 Å². The predicted molar refractivity (Wildman–Crippen MR) is 170 cm³/mol. The van der Waals surface area contributed by atoms with E-state index in [4.69, 9.17) is 21.3 Å². The number of esters is 1. The summed E-state index contributed by atoms with van der Waals surface area (Å²) in [5.74, 6) is -12.4. The van der Waals surface area contributed by atoms with Gasteiger partial charge in [-0.25, -0.2) is 4.79 Å². The molecule has 22 heteroatoms. The lowest BCUT2D eigenvalue weighted by molar-refractivity contribution is -0.155. The maximum absolute atomic E-state index is 13.4. The second-order valence-corrected chi connectivity index (χ2v) is 11.4. The van der Waals surface area contributed by atoms with Crippen molar-refractivity contribution in [3.8, 4) is 0 Å². The van der Waals surface area contributed by atoms with Gasteiger partial charge >= 0.3 is 29.8 Å². The number of amides is 4. The van der Waals surface area contributed by atoms with E-state index in [-0.39, 0.29) is 31.4 Å². The fourth-order valence-electron chi connectivity index (χ4n) is 4.12. The summed E-state index contributed by atoms with van der Waals surface area (Å²) in [6.45, 7) is 6.14. The zero-order valence-electron chi connectivity index (χ0n) is 28.0. The van der Waals surface area contributed by atoms with E-state index in [9.17, 15) is 58.5 Å². The predicted octanol–water partition coefficient (Wildman–Crippen LogP) is -3.80. The second kappa shape index (κ2) is 22.2. The first-order valence-corrected chi connectivity index (χ1v) is 15.2. The van der Waals surface area contributed by atoms with Gasteiger partial charge in [0, 0.05) is 12.6 Å². The lowest BCUT2D eigenvalue weighted by atomic mass is 10.1. The van der Waals surface area contributed by atoms with Gasteiger partial charge in [0.15, 0.2) is 5.96 Å². The van der Waals surface area contributed by atoms with E-state index >= 15 is 0 Å². The SMILES string of the molecule is CC(C)N[C@H](CC(=O)O)C(=O)N[C@H](CCCN=C(N)N)C(=O)N[C@H](CC(=O)O)C(=O)N[C@H](CC(=O)O)C(=O)N[C@H](CC(=O)O)C(=O)OC(C)C. The molecule has 22 nitrogen and oxygen atoms in total.